The third-order valence-electron chi connectivity index (χ3n) is 4.51. The van der Waals surface area contributed by atoms with Gasteiger partial charge in [0.25, 0.3) is 11.8 Å². The normalized spacial score (nSPS) is 14.5. The van der Waals surface area contributed by atoms with Crippen molar-refractivity contribution in [3.63, 3.8) is 0 Å². The molecule has 5 nitrogen and oxygen atoms in total. The SMILES string of the molecule is CC(Oc1cccc(C(C)C)c1)C(=O)Nc1cccc(C(=O)NC2CC2)c1. The first-order valence-electron chi connectivity index (χ1n) is 9.41. The van der Waals surface area contributed by atoms with Crippen molar-refractivity contribution in [2.24, 2.45) is 0 Å². The topological polar surface area (TPSA) is 67.4 Å². The van der Waals surface area contributed by atoms with E-state index >= 15 is 0 Å². The molecule has 142 valence electrons. The van der Waals surface area contributed by atoms with Crippen LogP contribution >= 0.6 is 0 Å². The molecule has 2 aromatic rings. The van der Waals surface area contributed by atoms with Crippen LogP contribution in [0.15, 0.2) is 48.5 Å². The Hall–Kier alpha value is -2.82. The zero-order valence-electron chi connectivity index (χ0n) is 16.0. The van der Waals surface area contributed by atoms with Crippen LogP contribution in [-0.4, -0.2) is 24.0 Å². The van der Waals surface area contributed by atoms with Crippen molar-refractivity contribution in [1.82, 2.24) is 5.32 Å². The summed E-state index contributed by atoms with van der Waals surface area (Å²) in [7, 11) is 0. The monoisotopic (exact) mass is 366 g/mol. The highest BCUT2D eigenvalue weighted by molar-refractivity contribution is 5.98. The van der Waals surface area contributed by atoms with Gasteiger partial charge in [-0.3, -0.25) is 9.59 Å². The van der Waals surface area contributed by atoms with Crippen LogP contribution in [0.3, 0.4) is 0 Å². The van der Waals surface area contributed by atoms with Gasteiger partial charge in [-0.15, -0.1) is 0 Å². The van der Waals surface area contributed by atoms with E-state index in [0.29, 0.717) is 29.0 Å². The molecule has 27 heavy (non-hydrogen) atoms. The first-order valence-corrected chi connectivity index (χ1v) is 9.41. The third kappa shape index (κ3) is 5.33. The maximum atomic E-state index is 12.5. The lowest BCUT2D eigenvalue weighted by Crippen LogP contribution is -2.30. The van der Waals surface area contributed by atoms with Crippen molar-refractivity contribution >= 4 is 17.5 Å². The quantitative estimate of drug-likeness (QED) is 0.775. The number of carbonyl (C=O) groups is 2. The molecule has 1 unspecified atom stereocenters. The van der Waals surface area contributed by atoms with Gasteiger partial charge in [0, 0.05) is 17.3 Å². The van der Waals surface area contributed by atoms with Gasteiger partial charge in [-0.2, -0.15) is 0 Å². The van der Waals surface area contributed by atoms with Gasteiger partial charge < -0.3 is 15.4 Å². The van der Waals surface area contributed by atoms with Crippen LogP contribution < -0.4 is 15.4 Å². The lowest BCUT2D eigenvalue weighted by Gasteiger charge is -2.16. The first kappa shape index (κ1) is 19.0. The minimum absolute atomic E-state index is 0.108. The number of hydrogen-bond donors (Lipinski definition) is 2. The molecule has 0 bridgehead atoms. The van der Waals surface area contributed by atoms with Crippen molar-refractivity contribution in [2.45, 2.75) is 51.7 Å². The standard InChI is InChI=1S/C22H26N2O3/c1-14(2)16-6-5-9-20(13-16)27-15(3)21(25)24-19-8-4-7-17(12-19)22(26)23-18-10-11-18/h4-9,12-15,18H,10-11H2,1-3H3,(H,23,26)(H,24,25). The van der Waals surface area contributed by atoms with Crippen LogP contribution in [-0.2, 0) is 4.79 Å². The predicted molar refractivity (Wildman–Crippen MR) is 106 cm³/mol. The minimum atomic E-state index is -0.656. The molecule has 0 radical (unpaired) electrons. The molecular weight excluding hydrogens is 340 g/mol. The van der Waals surface area contributed by atoms with Crippen molar-refractivity contribution in [2.75, 3.05) is 5.32 Å². The van der Waals surface area contributed by atoms with Crippen LogP contribution in [0, 0.1) is 0 Å². The second kappa shape index (κ2) is 8.25. The van der Waals surface area contributed by atoms with Crippen LogP contribution in [0.2, 0.25) is 0 Å². The Balaban J connectivity index is 1.60. The number of amides is 2. The number of nitrogens with one attached hydrogen (secondary N) is 2. The lowest BCUT2D eigenvalue weighted by atomic mass is 10.0. The number of hydrogen-bond acceptors (Lipinski definition) is 3. The number of ether oxygens (including phenoxy) is 1. The summed E-state index contributed by atoms with van der Waals surface area (Å²) in [5.41, 5.74) is 2.28. The maximum absolute atomic E-state index is 12.5. The molecule has 1 fully saturated rings. The lowest BCUT2D eigenvalue weighted by molar-refractivity contribution is -0.122. The average Bonchev–Trinajstić information content (AvgIpc) is 3.46. The van der Waals surface area contributed by atoms with Gasteiger partial charge in [-0.05, 0) is 61.6 Å². The fourth-order valence-electron chi connectivity index (χ4n) is 2.68. The van der Waals surface area contributed by atoms with Crippen molar-refractivity contribution in [1.29, 1.82) is 0 Å². The van der Waals surface area contributed by atoms with E-state index in [1.807, 2.05) is 24.3 Å². The van der Waals surface area contributed by atoms with E-state index in [4.69, 9.17) is 4.74 Å². The average molecular weight is 366 g/mol. The predicted octanol–water partition coefficient (Wildman–Crippen LogP) is 4.11. The van der Waals surface area contributed by atoms with Crippen LogP contribution in [0.4, 0.5) is 5.69 Å². The van der Waals surface area contributed by atoms with Gasteiger partial charge in [-0.1, -0.05) is 32.0 Å². The fourth-order valence-corrected chi connectivity index (χ4v) is 2.68. The first-order chi connectivity index (χ1) is 12.9. The Labute approximate surface area is 160 Å². The second-order valence-corrected chi connectivity index (χ2v) is 7.31. The van der Waals surface area contributed by atoms with E-state index in [1.54, 1.807) is 31.2 Å². The van der Waals surface area contributed by atoms with Gasteiger partial charge in [0.05, 0.1) is 0 Å². The molecule has 5 heteroatoms. The summed E-state index contributed by atoms with van der Waals surface area (Å²) in [6, 6.07) is 15.0. The highest BCUT2D eigenvalue weighted by atomic mass is 16.5. The molecule has 1 aliphatic carbocycles. The van der Waals surface area contributed by atoms with Gasteiger partial charge in [0.1, 0.15) is 5.75 Å². The Kier molecular flexibility index (Phi) is 5.79. The number of rotatable bonds is 7. The second-order valence-electron chi connectivity index (χ2n) is 7.31. The van der Waals surface area contributed by atoms with Crippen molar-refractivity contribution < 1.29 is 14.3 Å². The largest absolute Gasteiger partial charge is 0.481 e. The van der Waals surface area contributed by atoms with Crippen LogP contribution in [0.1, 0.15) is 55.5 Å². The fraction of sp³-hybridized carbons (Fsp3) is 0.364. The van der Waals surface area contributed by atoms with Gasteiger partial charge in [-0.25, -0.2) is 0 Å². The zero-order valence-corrected chi connectivity index (χ0v) is 16.0. The molecule has 1 atom stereocenters. The molecule has 2 aromatic carbocycles. The van der Waals surface area contributed by atoms with E-state index in [1.165, 1.54) is 0 Å². The third-order valence-corrected chi connectivity index (χ3v) is 4.51. The number of benzene rings is 2. The zero-order chi connectivity index (χ0) is 19.4. The van der Waals surface area contributed by atoms with Gasteiger partial charge in [0.15, 0.2) is 6.10 Å². The van der Waals surface area contributed by atoms with E-state index in [-0.39, 0.29) is 11.8 Å². The molecule has 1 aliphatic rings. The molecule has 2 N–H and O–H groups in total. The molecule has 0 aromatic heterocycles. The van der Waals surface area contributed by atoms with E-state index in [0.717, 1.165) is 18.4 Å². The number of carbonyl (C=O) groups excluding carboxylic acids is 2. The summed E-state index contributed by atoms with van der Waals surface area (Å²) in [6.07, 6.45) is 1.42. The minimum Gasteiger partial charge on any atom is -0.481 e. The summed E-state index contributed by atoms with van der Waals surface area (Å²) in [4.78, 5) is 24.6. The molecular formula is C22H26N2O3. The van der Waals surface area contributed by atoms with Crippen LogP contribution in [0.25, 0.3) is 0 Å². The molecule has 0 spiro atoms. The van der Waals surface area contributed by atoms with E-state index in [2.05, 4.69) is 24.5 Å². The summed E-state index contributed by atoms with van der Waals surface area (Å²) >= 11 is 0. The Morgan fingerprint density at radius 2 is 1.78 bits per heavy atom. The summed E-state index contributed by atoms with van der Waals surface area (Å²) in [5.74, 6) is 0.691. The molecule has 0 saturated heterocycles. The van der Waals surface area contributed by atoms with E-state index in [9.17, 15) is 9.59 Å². The van der Waals surface area contributed by atoms with Gasteiger partial charge >= 0.3 is 0 Å². The highest BCUT2D eigenvalue weighted by Crippen LogP contribution is 2.22. The molecule has 0 heterocycles. The summed E-state index contributed by atoms with van der Waals surface area (Å²) < 4.78 is 5.79. The molecule has 3 rings (SSSR count). The Bertz CT molecular complexity index is 828. The Morgan fingerprint density at radius 1 is 1.04 bits per heavy atom. The number of anilines is 1. The summed E-state index contributed by atoms with van der Waals surface area (Å²) in [5, 5.41) is 5.76. The van der Waals surface area contributed by atoms with E-state index < -0.39 is 6.10 Å². The van der Waals surface area contributed by atoms with Crippen molar-refractivity contribution in [3.05, 3.63) is 59.7 Å². The Morgan fingerprint density at radius 3 is 2.48 bits per heavy atom. The van der Waals surface area contributed by atoms with Gasteiger partial charge in [0.2, 0.25) is 0 Å². The highest BCUT2D eigenvalue weighted by Gasteiger charge is 2.24. The maximum Gasteiger partial charge on any atom is 0.265 e. The smallest absolute Gasteiger partial charge is 0.265 e. The molecule has 2 amide bonds. The molecule has 0 aliphatic heterocycles. The molecule has 1 saturated carbocycles. The summed E-state index contributed by atoms with van der Waals surface area (Å²) in [6.45, 7) is 5.93. The van der Waals surface area contributed by atoms with Crippen molar-refractivity contribution in [3.8, 4) is 5.75 Å². The van der Waals surface area contributed by atoms with Crippen LogP contribution in [0.5, 0.6) is 5.75 Å².